The summed E-state index contributed by atoms with van der Waals surface area (Å²) in [6.45, 7) is 6.41. The molecule has 2 saturated heterocycles. The van der Waals surface area contributed by atoms with Crippen molar-refractivity contribution in [2.45, 2.75) is 45.2 Å². The zero-order valence-electron chi connectivity index (χ0n) is 6.70. The number of rotatable bonds is 0. The van der Waals surface area contributed by atoms with Crippen molar-refractivity contribution in [1.29, 1.82) is 0 Å². The molecular weight excluding hydrogens is 128 g/mol. The van der Waals surface area contributed by atoms with Gasteiger partial charge in [0.2, 0.25) is 0 Å². The number of ether oxygens (including phenoxy) is 2. The molecule has 2 aliphatic rings. The first-order valence-electron chi connectivity index (χ1n) is 4.01. The number of fused-ring (bicyclic) bond motifs is 1. The summed E-state index contributed by atoms with van der Waals surface area (Å²) in [4.78, 5) is 0. The second kappa shape index (κ2) is 1.95. The van der Waals surface area contributed by atoms with E-state index in [4.69, 9.17) is 9.47 Å². The highest BCUT2D eigenvalue weighted by Gasteiger charge is 2.52. The quantitative estimate of drug-likeness (QED) is 0.474. The number of hydrogen-bond acceptors (Lipinski definition) is 2. The average molecular weight is 142 g/mol. The fourth-order valence-corrected chi connectivity index (χ4v) is 1.74. The van der Waals surface area contributed by atoms with E-state index in [0.29, 0.717) is 30.3 Å². The fourth-order valence-electron chi connectivity index (χ4n) is 1.74. The van der Waals surface area contributed by atoms with Gasteiger partial charge < -0.3 is 9.47 Å². The number of epoxide rings is 1. The molecule has 0 aromatic carbocycles. The summed E-state index contributed by atoms with van der Waals surface area (Å²) < 4.78 is 11.1. The van der Waals surface area contributed by atoms with Crippen LogP contribution in [0.15, 0.2) is 0 Å². The zero-order chi connectivity index (χ0) is 7.30. The third-order valence-corrected chi connectivity index (χ3v) is 2.71. The SMILES string of the molecule is C[C@H]1[C@H]2O[C@H]2[C@@H](C)O[C@@H]1C. The van der Waals surface area contributed by atoms with Gasteiger partial charge in [0.05, 0.1) is 18.3 Å². The predicted octanol–water partition coefficient (Wildman–Crippen LogP) is 1.20. The summed E-state index contributed by atoms with van der Waals surface area (Å²) >= 11 is 0. The Kier molecular flexibility index (Phi) is 1.29. The molecule has 2 nitrogen and oxygen atoms in total. The Labute approximate surface area is 61.5 Å². The first-order valence-corrected chi connectivity index (χ1v) is 4.01. The van der Waals surface area contributed by atoms with E-state index < -0.39 is 0 Å². The molecule has 0 bridgehead atoms. The molecule has 2 heteroatoms. The lowest BCUT2D eigenvalue weighted by Crippen LogP contribution is -2.36. The Morgan fingerprint density at radius 2 is 1.50 bits per heavy atom. The van der Waals surface area contributed by atoms with Crippen molar-refractivity contribution in [2.24, 2.45) is 5.92 Å². The van der Waals surface area contributed by atoms with Gasteiger partial charge in [-0.15, -0.1) is 0 Å². The van der Waals surface area contributed by atoms with Crippen LogP contribution in [0.4, 0.5) is 0 Å². The van der Waals surface area contributed by atoms with Crippen LogP contribution in [-0.4, -0.2) is 24.4 Å². The van der Waals surface area contributed by atoms with Gasteiger partial charge in [-0.3, -0.25) is 0 Å². The van der Waals surface area contributed by atoms with E-state index in [0.717, 1.165) is 0 Å². The molecule has 10 heavy (non-hydrogen) atoms. The van der Waals surface area contributed by atoms with Crippen LogP contribution in [0, 0.1) is 5.92 Å². The van der Waals surface area contributed by atoms with Gasteiger partial charge in [-0.2, -0.15) is 0 Å². The van der Waals surface area contributed by atoms with E-state index >= 15 is 0 Å². The maximum atomic E-state index is 5.63. The Balaban J connectivity index is 2.05. The molecule has 0 saturated carbocycles. The smallest absolute Gasteiger partial charge is 0.110 e. The van der Waals surface area contributed by atoms with Crippen LogP contribution >= 0.6 is 0 Å². The largest absolute Gasteiger partial charge is 0.372 e. The second-order valence-corrected chi connectivity index (χ2v) is 3.47. The number of hydrogen-bond donors (Lipinski definition) is 0. The van der Waals surface area contributed by atoms with Gasteiger partial charge in [-0.05, 0) is 13.8 Å². The Hall–Kier alpha value is -0.0800. The second-order valence-electron chi connectivity index (χ2n) is 3.47. The van der Waals surface area contributed by atoms with E-state index in [1.165, 1.54) is 0 Å². The van der Waals surface area contributed by atoms with Gasteiger partial charge in [0.25, 0.3) is 0 Å². The molecular formula is C8H14O2. The van der Waals surface area contributed by atoms with Crippen LogP contribution in [0.3, 0.4) is 0 Å². The summed E-state index contributed by atoms with van der Waals surface area (Å²) in [5.41, 5.74) is 0. The van der Waals surface area contributed by atoms with Crippen molar-refractivity contribution in [3.8, 4) is 0 Å². The maximum absolute atomic E-state index is 5.63. The lowest BCUT2D eigenvalue weighted by atomic mass is 9.95. The van der Waals surface area contributed by atoms with Crippen LogP contribution in [-0.2, 0) is 9.47 Å². The summed E-state index contributed by atoms with van der Waals surface area (Å²) in [6.07, 6.45) is 1.60. The third kappa shape index (κ3) is 0.789. The van der Waals surface area contributed by atoms with Crippen molar-refractivity contribution in [1.82, 2.24) is 0 Å². The van der Waals surface area contributed by atoms with Crippen LogP contribution in [0.25, 0.3) is 0 Å². The summed E-state index contributed by atoms with van der Waals surface area (Å²) in [5.74, 6) is 0.584. The highest BCUT2D eigenvalue weighted by molar-refractivity contribution is 4.98. The van der Waals surface area contributed by atoms with Gasteiger partial charge in [-0.25, -0.2) is 0 Å². The minimum absolute atomic E-state index is 0.316. The molecule has 0 aromatic heterocycles. The molecule has 2 rings (SSSR count). The summed E-state index contributed by atoms with van der Waals surface area (Å²) in [6, 6.07) is 0. The third-order valence-electron chi connectivity index (χ3n) is 2.71. The van der Waals surface area contributed by atoms with Crippen LogP contribution in [0.1, 0.15) is 20.8 Å². The first kappa shape index (κ1) is 6.62. The van der Waals surface area contributed by atoms with Crippen LogP contribution < -0.4 is 0 Å². The van der Waals surface area contributed by atoms with Gasteiger partial charge in [-0.1, -0.05) is 6.92 Å². The van der Waals surface area contributed by atoms with Gasteiger partial charge in [0.1, 0.15) is 6.10 Å². The lowest BCUT2D eigenvalue weighted by Gasteiger charge is -2.26. The molecule has 0 unspecified atom stereocenters. The minimum Gasteiger partial charge on any atom is -0.372 e. The zero-order valence-corrected chi connectivity index (χ0v) is 6.70. The minimum atomic E-state index is 0.316. The molecule has 0 N–H and O–H groups in total. The van der Waals surface area contributed by atoms with E-state index in [2.05, 4.69) is 20.8 Å². The summed E-state index contributed by atoms with van der Waals surface area (Å²) in [7, 11) is 0. The molecule has 0 radical (unpaired) electrons. The highest BCUT2D eigenvalue weighted by Crippen LogP contribution is 2.40. The average Bonchev–Trinajstić information content (AvgIpc) is 2.61. The molecule has 0 amide bonds. The maximum Gasteiger partial charge on any atom is 0.110 e. The van der Waals surface area contributed by atoms with Crippen molar-refractivity contribution >= 4 is 0 Å². The molecule has 2 heterocycles. The predicted molar refractivity (Wildman–Crippen MR) is 37.8 cm³/mol. The molecule has 0 aliphatic carbocycles. The van der Waals surface area contributed by atoms with Crippen LogP contribution in [0.2, 0.25) is 0 Å². The fraction of sp³-hybridized carbons (Fsp3) is 1.00. The van der Waals surface area contributed by atoms with Crippen molar-refractivity contribution in [3.63, 3.8) is 0 Å². The normalized spacial score (nSPS) is 59.7. The molecule has 0 aromatic rings. The Bertz CT molecular complexity index is 144. The highest BCUT2D eigenvalue weighted by atomic mass is 16.6. The van der Waals surface area contributed by atoms with E-state index in [1.807, 2.05) is 0 Å². The van der Waals surface area contributed by atoms with Crippen LogP contribution in [0.5, 0.6) is 0 Å². The molecule has 5 atom stereocenters. The van der Waals surface area contributed by atoms with Gasteiger partial charge in [0.15, 0.2) is 0 Å². The monoisotopic (exact) mass is 142 g/mol. The molecule has 2 fully saturated rings. The van der Waals surface area contributed by atoms with E-state index in [9.17, 15) is 0 Å². The van der Waals surface area contributed by atoms with Crippen molar-refractivity contribution in [2.75, 3.05) is 0 Å². The van der Waals surface area contributed by atoms with Crippen molar-refractivity contribution < 1.29 is 9.47 Å². The topological polar surface area (TPSA) is 21.8 Å². The molecule has 0 spiro atoms. The Morgan fingerprint density at radius 3 is 2.20 bits per heavy atom. The molecule has 2 aliphatic heterocycles. The first-order chi connectivity index (χ1) is 4.70. The van der Waals surface area contributed by atoms with E-state index in [-0.39, 0.29) is 0 Å². The standard InChI is InChI=1S/C8H14O2/c1-4-5(2)9-6(3)8-7(4)10-8/h4-8H,1-3H3/t4-,5-,6-,7-,8+/m1/s1. The van der Waals surface area contributed by atoms with Crippen molar-refractivity contribution in [3.05, 3.63) is 0 Å². The lowest BCUT2D eigenvalue weighted by molar-refractivity contribution is -0.0427. The molecule has 58 valence electrons. The van der Waals surface area contributed by atoms with Gasteiger partial charge >= 0.3 is 0 Å². The van der Waals surface area contributed by atoms with E-state index in [1.54, 1.807) is 0 Å². The van der Waals surface area contributed by atoms with Gasteiger partial charge in [0, 0.05) is 5.92 Å². The Morgan fingerprint density at radius 1 is 0.800 bits per heavy atom. The summed E-state index contributed by atoms with van der Waals surface area (Å²) in [5, 5.41) is 0.